The number of carbonyl (C=O) groups excluding carboxylic acids is 1. The van der Waals surface area contributed by atoms with Crippen LogP contribution in [-0.4, -0.2) is 43.7 Å². The minimum atomic E-state index is -0.0193. The topological polar surface area (TPSA) is 41.6 Å². The van der Waals surface area contributed by atoms with Gasteiger partial charge in [-0.05, 0) is 40.3 Å². The first-order valence-electron chi connectivity index (χ1n) is 8.15. The van der Waals surface area contributed by atoms with Crippen molar-refractivity contribution in [2.45, 2.75) is 6.04 Å². The number of amides is 1. The molecule has 1 aliphatic rings. The number of hydrogen-bond acceptors (Lipinski definition) is 3. The molecule has 3 rings (SSSR count). The van der Waals surface area contributed by atoms with E-state index in [9.17, 15) is 4.79 Å². The second kappa shape index (κ2) is 8.60. The molecule has 1 unspecified atom stereocenters. The van der Waals surface area contributed by atoms with E-state index in [1.807, 2.05) is 42.5 Å². The van der Waals surface area contributed by atoms with E-state index in [0.29, 0.717) is 6.54 Å². The fourth-order valence-corrected chi connectivity index (χ4v) is 3.58. The second-order valence-corrected chi connectivity index (χ2v) is 6.93. The zero-order valence-electron chi connectivity index (χ0n) is 13.5. The summed E-state index contributed by atoms with van der Waals surface area (Å²) in [4.78, 5) is 14.9. The highest BCUT2D eigenvalue weighted by atomic mass is 127. The third-order valence-electron chi connectivity index (χ3n) is 4.25. The van der Waals surface area contributed by atoms with Crippen LogP contribution in [0.1, 0.15) is 22.0 Å². The summed E-state index contributed by atoms with van der Waals surface area (Å²) in [5.74, 6) is -0.0193. The van der Waals surface area contributed by atoms with Gasteiger partial charge in [-0.1, -0.05) is 42.5 Å². The first kappa shape index (κ1) is 17.4. The van der Waals surface area contributed by atoms with Gasteiger partial charge in [-0.3, -0.25) is 9.69 Å². The van der Waals surface area contributed by atoms with Crippen LogP contribution in [0.2, 0.25) is 0 Å². The Kier molecular flexibility index (Phi) is 6.23. The number of carbonyl (C=O) groups is 1. The average Bonchev–Trinajstić information content (AvgIpc) is 2.64. The molecular weight excluding hydrogens is 415 g/mol. The maximum Gasteiger partial charge on any atom is 0.252 e. The lowest BCUT2D eigenvalue weighted by molar-refractivity contribution is 0.0162. The van der Waals surface area contributed by atoms with E-state index in [1.165, 1.54) is 5.56 Å². The van der Waals surface area contributed by atoms with Gasteiger partial charge in [0.15, 0.2) is 0 Å². The van der Waals surface area contributed by atoms with E-state index in [0.717, 1.165) is 35.4 Å². The molecule has 1 amide bonds. The van der Waals surface area contributed by atoms with Gasteiger partial charge in [0.1, 0.15) is 0 Å². The first-order valence-corrected chi connectivity index (χ1v) is 9.23. The van der Waals surface area contributed by atoms with Gasteiger partial charge in [0.2, 0.25) is 0 Å². The van der Waals surface area contributed by atoms with Crippen LogP contribution in [0.15, 0.2) is 54.6 Å². The van der Waals surface area contributed by atoms with Gasteiger partial charge < -0.3 is 10.1 Å². The predicted molar refractivity (Wildman–Crippen MR) is 103 cm³/mol. The molecule has 0 saturated carbocycles. The Morgan fingerprint density at radius 2 is 1.75 bits per heavy atom. The van der Waals surface area contributed by atoms with Crippen LogP contribution in [0.3, 0.4) is 0 Å². The van der Waals surface area contributed by atoms with Crippen molar-refractivity contribution in [1.29, 1.82) is 0 Å². The minimum absolute atomic E-state index is 0.0193. The van der Waals surface area contributed by atoms with Crippen LogP contribution >= 0.6 is 22.6 Å². The van der Waals surface area contributed by atoms with E-state index in [1.54, 1.807) is 0 Å². The summed E-state index contributed by atoms with van der Waals surface area (Å²) in [6, 6.07) is 18.2. The molecule has 5 heteroatoms. The molecule has 0 aliphatic carbocycles. The molecule has 1 saturated heterocycles. The number of benzene rings is 2. The smallest absolute Gasteiger partial charge is 0.252 e. The van der Waals surface area contributed by atoms with Crippen molar-refractivity contribution in [2.75, 3.05) is 32.8 Å². The predicted octanol–water partition coefficient (Wildman–Crippen LogP) is 3.09. The van der Waals surface area contributed by atoms with Crippen LogP contribution in [0.5, 0.6) is 0 Å². The molecule has 0 bridgehead atoms. The van der Waals surface area contributed by atoms with Gasteiger partial charge in [0.25, 0.3) is 5.91 Å². The summed E-state index contributed by atoms with van der Waals surface area (Å²) >= 11 is 2.20. The standard InChI is InChI=1S/C19H21IN2O2/c20-17-9-5-4-8-16(17)19(23)21-14-18(15-6-2-1-3-7-15)22-10-12-24-13-11-22/h1-9,18H,10-14H2,(H,21,23). The van der Waals surface area contributed by atoms with Crippen LogP contribution in [0, 0.1) is 3.57 Å². The van der Waals surface area contributed by atoms with Gasteiger partial charge in [-0.2, -0.15) is 0 Å². The summed E-state index contributed by atoms with van der Waals surface area (Å²) in [6.07, 6.45) is 0. The third-order valence-corrected chi connectivity index (χ3v) is 5.19. The molecule has 4 nitrogen and oxygen atoms in total. The summed E-state index contributed by atoms with van der Waals surface area (Å²) in [7, 11) is 0. The number of halogens is 1. The van der Waals surface area contributed by atoms with Crippen molar-refractivity contribution in [3.63, 3.8) is 0 Å². The molecule has 2 aromatic rings. The molecule has 126 valence electrons. The van der Waals surface area contributed by atoms with E-state index in [2.05, 4.69) is 44.9 Å². The highest BCUT2D eigenvalue weighted by molar-refractivity contribution is 14.1. The largest absolute Gasteiger partial charge is 0.379 e. The lowest BCUT2D eigenvalue weighted by Gasteiger charge is -2.35. The van der Waals surface area contributed by atoms with Crippen molar-refractivity contribution in [3.05, 3.63) is 69.3 Å². The molecule has 24 heavy (non-hydrogen) atoms. The summed E-state index contributed by atoms with van der Waals surface area (Å²) in [5.41, 5.74) is 1.95. The monoisotopic (exact) mass is 436 g/mol. The number of rotatable bonds is 5. The zero-order chi connectivity index (χ0) is 16.8. The Bertz CT molecular complexity index is 672. The number of nitrogens with zero attached hydrogens (tertiary/aromatic N) is 1. The van der Waals surface area contributed by atoms with Gasteiger partial charge in [-0.25, -0.2) is 0 Å². The van der Waals surface area contributed by atoms with Crippen LogP contribution in [0.25, 0.3) is 0 Å². The van der Waals surface area contributed by atoms with Crippen LogP contribution < -0.4 is 5.32 Å². The third kappa shape index (κ3) is 4.34. The van der Waals surface area contributed by atoms with E-state index in [-0.39, 0.29) is 11.9 Å². The first-order chi connectivity index (χ1) is 11.8. The SMILES string of the molecule is O=C(NCC(c1ccccc1)N1CCOCC1)c1ccccc1I. The molecule has 1 aliphatic heterocycles. The number of morpholine rings is 1. The van der Waals surface area contributed by atoms with E-state index < -0.39 is 0 Å². The van der Waals surface area contributed by atoms with Gasteiger partial charge >= 0.3 is 0 Å². The zero-order valence-corrected chi connectivity index (χ0v) is 15.6. The summed E-state index contributed by atoms with van der Waals surface area (Å²) in [5, 5.41) is 3.11. The molecular formula is C19H21IN2O2. The van der Waals surface area contributed by atoms with E-state index in [4.69, 9.17) is 4.74 Å². The van der Waals surface area contributed by atoms with Crippen molar-refractivity contribution in [3.8, 4) is 0 Å². The Morgan fingerprint density at radius 3 is 2.46 bits per heavy atom. The van der Waals surface area contributed by atoms with Gasteiger partial charge in [0, 0.05) is 23.2 Å². The van der Waals surface area contributed by atoms with Crippen molar-refractivity contribution in [2.24, 2.45) is 0 Å². The lowest BCUT2D eigenvalue weighted by atomic mass is 10.0. The Balaban J connectivity index is 1.72. The van der Waals surface area contributed by atoms with Crippen LogP contribution in [0.4, 0.5) is 0 Å². The van der Waals surface area contributed by atoms with Crippen molar-refractivity contribution >= 4 is 28.5 Å². The average molecular weight is 436 g/mol. The molecule has 0 spiro atoms. The molecule has 0 aromatic heterocycles. The summed E-state index contributed by atoms with van der Waals surface area (Å²) in [6.45, 7) is 3.85. The van der Waals surface area contributed by atoms with E-state index >= 15 is 0 Å². The number of hydrogen-bond donors (Lipinski definition) is 1. The molecule has 2 aromatic carbocycles. The number of nitrogens with one attached hydrogen (secondary N) is 1. The fourth-order valence-electron chi connectivity index (χ4n) is 2.95. The van der Waals surface area contributed by atoms with Crippen molar-refractivity contribution in [1.82, 2.24) is 10.2 Å². The maximum atomic E-state index is 12.5. The lowest BCUT2D eigenvalue weighted by Crippen LogP contribution is -2.43. The molecule has 1 heterocycles. The molecule has 1 fully saturated rings. The Morgan fingerprint density at radius 1 is 1.08 bits per heavy atom. The molecule has 1 atom stereocenters. The fraction of sp³-hybridized carbons (Fsp3) is 0.316. The Hall–Kier alpha value is -1.44. The molecule has 1 N–H and O–H groups in total. The maximum absolute atomic E-state index is 12.5. The Labute approximate surface area is 156 Å². The second-order valence-electron chi connectivity index (χ2n) is 5.76. The summed E-state index contributed by atoms with van der Waals surface area (Å²) < 4.78 is 6.43. The normalized spacial score (nSPS) is 16.5. The number of ether oxygens (including phenoxy) is 1. The highest BCUT2D eigenvalue weighted by Gasteiger charge is 2.23. The van der Waals surface area contributed by atoms with Crippen molar-refractivity contribution < 1.29 is 9.53 Å². The molecule has 0 radical (unpaired) electrons. The highest BCUT2D eigenvalue weighted by Crippen LogP contribution is 2.21. The minimum Gasteiger partial charge on any atom is -0.379 e. The van der Waals surface area contributed by atoms with Gasteiger partial charge in [-0.15, -0.1) is 0 Å². The van der Waals surface area contributed by atoms with Gasteiger partial charge in [0.05, 0.1) is 24.8 Å². The quantitative estimate of drug-likeness (QED) is 0.733. The van der Waals surface area contributed by atoms with Crippen LogP contribution in [-0.2, 0) is 4.74 Å².